The fourth-order valence-corrected chi connectivity index (χ4v) is 3.81. The second-order valence-electron chi connectivity index (χ2n) is 6.85. The van der Waals surface area contributed by atoms with Gasteiger partial charge in [-0.05, 0) is 36.1 Å². The normalized spacial score (nSPS) is 18.3. The second kappa shape index (κ2) is 6.46. The van der Waals surface area contributed by atoms with Gasteiger partial charge in [0, 0.05) is 0 Å². The average molecular weight is 361 g/mol. The predicted molar refractivity (Wildman–Crippen MR) is 99.8 cm³/mol. The van der Waals surface area contributed by atoms with Crippen molar-refractivity contribution in [2.24, 2.45) is 0 Å². The summed E-state index contributed by atoms with van der Waals surface area (Å²) in [5, 5.41) is 7.22. The van der Waals surface area contributed by atoms with Gasteiger partial charge in [-0.25, -0.2) is 0 Å². The fraction of sp³-hybridized carbons (Fsp3) is 0.238. The van der Waals surface area contributed by atoms with Crippen molar-refractivity contribution in [2.45, 2.75) is 25.3 Å². The number of nitrogens with zero attached hydrogens (tertiary/aromatic N) is 2. The lowest BCUT2D eigenvalue weighted by Crippen LogP contribution is -2.33. The van der Waals surface area contributed by atoms with Crippen LogP contribution in [0.4, 0.5) is 5.69 Å². The van der Waals surface area contributed by atoms with E-state index in [0.29, 0.717) is 12.3 Å². The Balaban J connectivity index is 1.51. The van der Waals surface area contributed by atoms with E-state index in [1.165, 1.54) is 0 Å². The number of ether oxygens (including phenoxy) is 2. The first-order valence-electron chi connectivity index (χ1n) is 9.07. The predicted octanol–water partition coefficient (Wildman–Crippen LogP) is 3.40. The van der Waals surface area contributed by atoms with Crippen molar-refractivity contribution in [1.29, 1.82) is 0 Å². The van der Waals surface area contributed by atoms with Crippen molar-refractivity contribution in [3.8, 4) is 11.5 Å². The molecule has 136 valence electrons. The number of carbonyl (C=O) groups excluding carboxylic acids is 1. The zero-order chi connectivity index (χ0) is 18.2. The van der Waals surface area contributed by atoms with Crippen LogP contribution in [0.5, 0.6) is 11.5 Å². The van der Waals surface area contributed by atoms with Gasteiger partial charge in [-0.3, -0.25) is 9.89 Å². The van der Waals surface area contributed by atoms with Crippen LogP contribution in [0.2, 0.25) is 0 Å². The van der Waals surface area contributed by atoms with Crippen LogP contribution in [-0.2, 0) is 17.8 Å². The summed E-state index contributed by atoms with van der Waals surface area (Å²) in [6.07, 6.45) is 3.24. The lowest BCUT2D eigenvalue weighted by Gasteiger charge is -2.25. The van der Waals surface area contributed by atoms with E-state index in [2.05, 4.69) is 10.2 Å². The molecule has 0 bridgehead atoms. The van der Waals surface area contributed by atoms with Crippen molar-refractivity contribution in [3.05, 3.63) is 71.5 Å². The van der Waals surface area contributed by atoms with Crippen molar-refractivity contribution in [1.82, 2.24) is 10.2 Å². The van der Waals surface area contributed by atoms with Crippen LogP contribution in [0.3, 0.4) is 0 Å². The molecule has 2 aromatic carbocycles. The highest BCUT2D eigenvalue weighted by Gasteiger charge is 2.33. The Morgan fingerprint density at radius 3 is 2.85 bits per heavy atom. The number of hydrogen-bond donors (Lipinski definition) is 1. The monoisotopic (exact) mass is 361 g/mol. The van der Waals surface area contributed by atoms with E-state index in [4.69, 9.17) is 9.47 Å². The minimum atomic E-state index is -0.232. The Kier molecular flexibility index (Phi) is 3.81. The topological polar surface area (TPSA) is 67.5 Å². The minimum absolute atomic E-state index is 0.0814. The number of aromatic nitrogens is 2. The Morgan fingerprint density at radius 2 is 1.96 bits per heavy atom. The highest BCUT2D eigenvalue weighted by molar-refractivity contribution is 5.99. The molecule has 1 unspecified atom stereocenters. The summed E-state index contributed by atoms with van der Waals surface area (Å²) in [5.74, 6) is 1.29. The molecule has 0 aliphatic carbocycles. The van der Waals surface area contributed by atoms with Crippen molar-refractivity contribution in [3.63, 3.8) is 0 Å². The van der Waals surface area contributed by atoms with Crippen LogP contribution >= 0.6 is 0 Å². The molecule has 1 atom stereocenters. The van der Waals surface area contributed by atoms with Crippen LogP contribution in [0.1, 0.15) is 29.2 Å². The summed E-state index contributed by atoms with van der Waals surface area (Å²) >= 11 is 0. The summed E-state index contributed by atoms with van der Waals surface area (Å²) in [7, 11) is 0. The van der Waals surface area contributed by atoms with Crippen LogP contribution in [-0.4, -0.2) is 22.9 Å². The third-order valence-electron chi connectivity index (χ3n) is 5.22. The molecular formula is C21H19N3O3. The highest BCUT2D eigenvalue weighted by atomic mass is 16.7. The third kappa shape index (κ3) is 2.83. The summed E-state index contributed by atoms with van der Waals surface area (Å²) < 4.78 is 10.9. The molecule has 0 saturated carbocycles. The van der Waals surface area contributed by atoms with Crippen molar-refractivity contribution >= 4 is 11.6 Å². The summed E-state index contributed by atoms with van der Waals surface area (Å²) in [6, 6.07) is 15.8. The number of aromatic amines is 1. The van der Waals surface area contributed by atoms with E-state index in [9.17, 15) is 4.79 Å². The third-order valence-corrected chi connectivity index (χ3v) is 5.22. The van der Waals surface area contributed by atoms with Gasteiger partial charge < -0.3 is 14.4 Å². The number of nitrogens with one attached hydrogen (secondary N) is 1. The largest absolute Gasteiger partial charge is 0.454 e. The quantitative estimate of drug-likeness (QED) is 0.776. The van der Waals surface area contributed by atoms with Gasteiger partial charge in [0.15, 0.2) is 11.5 Å². The summed E-state index contributed by atoms with van der Waals surface area (Å²) in [6.45, 7) is 0.751. The number of anilines is 1. The molecule has 6 nitrogen and oxygen atoms in total. The van der Waals surface area contributed by atoms with Crippen molar-refractivity contribution < 1.29 is 14.3 Å². The van der Waals surface area contributed by atoms with Crippen LogP contribution in [0.15, 0.2) is 54.7 Å². The van der Waals surface area contributed by atoms with Gasteiger partial charge in [-0.1, -0.05) is 36.4 Å². The maximum absolute atomic E-state index is 13.5. The number of hydrogen-bond acceptors (Lipinski definition) is 4. The Hall–Kier alpha value is -3.28. The molecule has 3 aromatic rings. The molecule has 2 aliphatic heterocycles. The van der Waals surface area contributed by atoms with Crippen LogP contribution < -0.4 is 14.4 Å². The second-order valence-corrected chi connectivity index (χ2v) is 6.85. The summed E-state index contributed by atoms with van der Waals surface area (Å²) in [4.78, 5) is 15.4. The Bertz CT molecular complexity index is 983. The van der Waals surface area contributed by atoms with Gasteiger partial charge in [-0.15, -0.1) is 0 Å². The number of benzene rings is 2. The number of rotatable bonds is 3. The van der Waals surface area contributed by atoms with Gasteiger partial charge in [0.05, 0.1) is 30.0 Å². The molecule has 0 fully saturated rings. The average Bonchev–Trinajstić information content (AvgIpc) is 3.33. The molecule has 5 rings (SSSR count). The van der Waals surface area contributed by atoms with E-state index in [1.54, 1.807) is 6.20 Å². The number of fused-ring (bicyclic) bond motifs is 2. The smallest absolute Gasteiger partial charge is 0.234 e. The highest BCUT2D eigenvalue weighted by Crippen LogP contribution is 2.39. The zero-order valence-corrected chi connectivity index (χ0v) is 14.7. The SMILES string of the molecule is O=C1C(c2ccc3c(c2)OCO3)CCc2[nH]ncc2N1Cc1ccccc1. The molecule has 3 heterocycles. The Labute approximate surface area is 156 Å². The number of aryl methyl sites for hydroxylation is 1. The number of H-pyrrole nitrogens is 1. The maximum Gasteiger partial charge on any atom is 0.234 e. The van der Waals surface area contributed by atoms with E-state index in [-0.39, 0.29) is 18.6 Å². The summed E-state index contributed by atoms with van der Waals surface area (Å²) in [5.41, 5.74) is 3.92. The van der Waals surface area contributed by atoms with Crippen LogP contribution in [0.25, 0.3) is 0 Å². The molecule has 0 spiro atoms. The van der Waals surface area contributed by atoms with Gasteiger partial charge in [0.2, 0.25) is 12.7 Å². The van der Waals surface area contributed by atoms with Gasteiger partial charge >= 0.3 is 0 Å². The molecule has 0 radical (unpaired) electrons. The van der Waals surface area contributed by atoms with E-state index >= 15 is 0 Å². The molecular weight excluding hydrogens is 342 g/mol. The number of carbonyl (C=O) groups is 1. The zero-order valence-electron chi connectivity index (χ0n) is 14.7. The maximum atomic E-state index is 13.5. The lowest BCUT2D eigenvalue weighted by molar-refractivity contribution is -0.120. The number of amides is 1. The first-order valence-corrected chi connectivity index (χ1v) is 9.07. The molecule has 1 amide bonds. The van der Waals surface area contributed by atoms with Gasteiger partial charge in [0.25, 0.3) is 0 Å². The molecule has 27 heavy (non-hydrogen) atoms. The molecule has 0 saturated heterocycles. The fourth-order valence-electron chi connectivity index (χ4n) is 3.81. The van der Waals surface area contributed by atoms with Crippen LogP contribution in [0, 0.1) is 0 Å². The van der Waals surface area contributed by atoms with Crippen molar-refractivity contribution in [2.75, 3.05) is 11.7 Å². The van der Waals surface area contributed by atoms with E-state index in [0.717, 1.165) is 41.1 Å². The van der Waals surface area contributed by atoms with E-state index < -0.39 is 0 Å². The molecule has 6 heteroatoms. The molecule has 2 aliphatic rings. The molecule has 1 aromatic heterocycles. The van der Waals surface area contributed by atoms with Gasteiger partial charge in [-0.2, -0.15) is 5.10 Å². The van der Waals surface area contributed by atoms with Gasteiger partial charge in [0.1, 0.15) is 0 Å². The lowest BCUT2D eigenvalue weighted by atomic mass is 9.93. The standard InChI is InChI=1S/C21H19N3O3/c25-21-16(15-6-9-19-20(10-15)27-13-26-19)7-8-17-18(11-22-23-17)24(21)12-14-4-2-1-3-5-14/h1-6,9-11,16H,7-8,12-13H2,(H,22,23). The van der Waals surface area contributed by atoms with E-state index in [1.807, 2.05) is 53.4 Å². The minimum Gasteiger partial charge on any atom is -0.454 e. The molecule has 1 N–H and O–H groups in total. The first-order chi connectivity index (χ1) is 13.3. The Morgan fingerprint density at radius 1 is 1.11 bits per heavy atom. The first kappa shape index (κ1) is 15.9.